The van der Waals surface area contributed by atoms with Gasteiger partial charge in [0.2, 0.25) is 0 Å². The van der Waals surface area contributed by atoms with Crippen LogP contribution in [0.3, 0.4) is 0 Å². The number of hydrogen-bond acceptors (Lipinski definition) is 4. The molecule has 2 aromatic rings. The molecule has 0 spiro atoms. The zero-order chi connectivity index (χ0) is 14.7. The minimum absolute atomic E-state index is 0.312. The summed E-state index contributed by atoms with van der Waals surface area (Å²) in [5.74, 6) is 0.312. The topological polar surface area (TPSA) is 33.2 Å². The summed E-state index contributed by atoms with van der Waals surface area (Å²) in [6, 6.07) is 8.30. The van der Waals surface area contributed by atoms with E-state index in [-0.39, 0.29) is 0 Å². The van der Waals surface area contributed by atoms with Crippen molar-refractivity contribution in [1.29, 1.82) is 0 Å². The molecule has 2 rings (SSSR count). The molecule has 3 nitrogen and oxygen atoms in total. The maximum atomic E-state index is 11.2. The van der Waals surface area contributed by atoms with Crippen LogP contribution in [0.15, 0.2) is 24.3 Å². The summed E-state index contributed by atoms with van der Waals surface area (Å²) in [6.07, 6.45) is 1.91. The number of thiazole rings is 1. The molecule has 1 aromatic carbocycles. The lowest BCUT2D eigenvalue weighted by atomic mass is 10.0. The molecule has 4 heteroatoms. The van der Waals surface area contributed by atoms with Crippen LogP contribution in [0, 0.1) is 6.92 Å². The number of rotatable bonds is 5. The molecule has 0 saturated carbocycles. The molecule has 0 saturated heterocycles. The van der Waals surface area contributed by atoms with E-state index in [4.69, 9.17) is 0 Å². The predicted molar refractivity (Wildman–Crippen MR) is 85.4 cm³/mol. The summed E-state index contributed by atoms with van der Waals surface area (Å²) in [4.78, 5) is 18.7. The molecule has 1 atom stereocenters. The highest BCUT2D eigenvalue weighted by molar-refractivity contribution is 7.17. The number of hydrogen-bond donors (Lipinski definition) is 0. The first-order valence-corrected chi connectivity index (χ1v) is 7.64. The Morgan fingerprint density at radius 3 is 2.55 bits per heavy atom. The van der Waals surface area contributed by atoms with Crippen LogP contribution < -0.4 is 4.90 Å². The van der Waals surface area contributed by atoms with Crippen molar-refractivity contribution in [3.05, 3.63) is 40.4 Å². The molecule has 0 aliphatic carbocycles. The Kier molecular flexibility index (Phi) is 4.55. The molecule has 0 amide bonds. The van der Waals surface area contributed by atoms with Gasteiger partial charge >= 0.3 is 0 Å². The average Bonchev–Trinajstić information content (AvgIpc) is 2.90. The van der Waals surface area contributed by atoms with Crippen LogP contribution in [0.1, 0.15) is 47.1 Å². The summed E-state index contributed by atoms with van der Waals surface area (Å²) in [5, 5.41) is 0.867. The van der Waals surface area contributed by atoms with E-state index >= 15 is 0 Å². The molecular formula is C16H20N2OS. The molecule has 0 fully saturated rings. The summed E-state index contributed by atoms with van der Waals surface area (Å²) < 4.78 is 0. The third-order valence-electron chi connectivity index (χ3n) is 3.56. The van der Waals surface area contributed by atoms with E-state index < -0.39 is 0 Å². The van der Waals surface area contributed by atoms with Gasteiger partial charge in [-0.1, -0.05) is 42.9 Å². The van der Waals surface area contributed by atoms with Crippen molar-refractivity contribution >= 4 is 28.4 Å². The van der Waals surface area contributed by atoms with E-state index in [2.05, 4.69) is 50.0 Å². The summed E-state index contributed by atoms with van der Waals surface area (Å²) in [6.45, 7) is 6.29. The minimum atomic E-state index is 0.312. The van der Waals surface area contributed by atoms with E-state index in [0.717, 1.165) is 34.1 Å². The normalized spacial score (nSPS) is 12.2. The van der Waals surface area contributed by atoms with Gasteiger partial charge in [0, 0.05) is 12.7 Å². The van der Waals surface area contributed by atoms with Crippen molar-refractivity contribution in [2.75, 3.05) is 11.9 Å². The first kappa shape index (κ1) is 14.7. The second-order valence-corrected chi connectivity index (χ2v) is 6.08. The van der Waals surface area contributed by atoms with Crippen LogP contribution in [0.5, 0.6) is 0 Å². The summed E-state index contributed by atoms with van der Waals surface area (Å²) in [7, 11) is 1.98. The summed E-state index contributed by atoms with van der Waals surface area (Å²) in [5.41, 5.74) is 3.23. The van der Waals surface area contributed by atoms with Crippen molar-refractivity contribution in [2.24, 2.45) is 0 Å². The van der Waals surface area contributed by atoms with E-state index in [9.17, 15) is 4.79 Å². The van der Waals surface area contributed by atoms with Gasteiger partial charge in [0.25, 0.3) is 0 Å². The number of carbonyl (C=O) groups excluding carboxylic acids is 1. The average molecular weight is 288 g/mol. The van der Waals surface area contributed by atoms with E-state index in [1.807, 2.05) is 11.9 Å². The SMILES string of the molecule is CCC(C)c1nc(N(C)c2ccc(C)cc2)sc1C=O. The predicted octanol–water partition coefficient (Wildman–Crippen LogP) is 4.55. The van der Waals surface area contributed by atoms with E-state index in [1.165, 1.54) is 16.9 Å². The van der Waals surface area contributed by atoms with Gasteiger partial charge in [-0.3, -0.25) is 4.79 Å². The monoisotopic (exact) mass is 288 g/mol. The number of anilines is 2. The largest absolute Gasteiger partial charge is 0.321 e. The van der Waals surface area contributed by atoms with Crippen molar-refractivity contribution in [1.82, 2.24) is 4.98 Å². The van der Waals surface area contributed by atoms with Gasteiger partial charge in [-0.25, -0.2) is 4.98 Å². The molecule has 106 valence electrons. The van der Waals surface area contributed by atoms with Crippen molar-refractivity contribution in [2.45, 2.75) is 33.1 Å². The molecule has 1 unspecified atom stereocenters. The molecule has 0 N–H and O–H groups in total. The second kappa shape index (κ2) is 6.18. The van der Waals surface area contributed by atoms with Crippen LogP contribution in [-0.2, 0) is 0 Å². The van der Waals surface area contributed by atoms with Gasteiger partial charge in [-0.05, 0) is 31.4 Å². The van der Waals surface area contributed by atoms with Crippen LogP contribution in [0.4, 0.5) is 10.8 Å². The maximum Gasteiger partial charge on any atom is 0.190 e. The van der Waals surface area contributed by atoms with Crippen molar-refractivity contribution in [3.63, 3.8) is 0 Å². The third kappa shape index (κ3) is 2.90. The Bertz CT molecular complexity index is 589. The van der Waals surface area contributed by atoms with Crippen molar-refractivity contribution < 1.29 is 4.79 Å². The fraction of sp³-hybridized carbons (Fsp3) is 0.375. The van der Waals surface area contributed by atoms with Crippen molar-refractivity contribution in [3.8, 4) is 0 Å². The van der Waals surface area contributed by atoms with Crippen LogP contribution in [-0.4, -0.2) is 18.3 Å². The molecule has 1 heterocycles. The van der Waals surface area contributed by atoms with Gasteiger partial charge in [-0.15, -0.1) is 0 Å². The maximum absolute atomic E-state index is 11.2. The van der Waals surface area contributed by atoms with Gasteiger partial charge in [0.15, 0.2) is 11.4 Å². The second-order valence-electron chi connectivity index (χ2n) is 5.07. The molecule has 0 aliphatic heterocycles. The Balaban J connectivity index is 2.35. The number of nitrogens with zero attached hydrogens (tertiary/aromatic N) is 2. The molecular weight excluding hydrogens is 268 g/mol. The molecule has 20 heavy (non-hydrogen) atoms. The van der Waals surface area contributed by atoms with E-state index in [0.29, 0.717) is 5.92 Å². The number of aldehydes is 1. The molecule has 0 radical (unpaired) electrons. The number of carbonyl (C=O) groups is 1. The summed E-state index contributed by atoms with van der Waals surface area (Å²) >= 11 is 1.46. The number of aromatic nitrogens is 1. The van der Waals surface area contributed by atoms with Gasteiger partial charge in [0.1, 0.15) is 0 Å². The van der Waals surface area contributed by atoms with E-state index in [1.54, 1.807) is 0 Å². The fourth-order valence-electron chi connectivity index (χ4n) is 1.98. The molecule has 1 aromatic heterocycles. The lowest BCUT2D eigenvalue weighted by Crippen LogP contribution is -2.09. The molecule has 0 bridgehead atoms. The van der Waals surface area contributed by atoms with Crippen LogP contribution in [0.2, 0.25) is 0 Å². The third-order valence-corrected chi connectivity index (χ3v) is 4.64. The quantitative estimate of drug-likeness (QED) is 0.757. The fourth-order valence-corrected chi connectivity index (χ4v) is 2.97. The Hall–Kier alpha value is -1.68. The lowest BCUT2D eigenvalue weighted by Gasteiger charge is -2.16. The van der Waals surface area contributed by atoms with Crippen LogP contribution >= 0.6 is 11.3 Å². The first-order chi connectivity index (χ1) is 9.56. The minimum Gasteiger partial charge on any atom is -0.321 e. The standard InChI is InChI=1S/C16H20N2OS/c1-5-12(3)15-14(10-19)20-16(17-15)18(4)13-8-6-11(2)7-9-13/h6-10,12H,5H2,1-4H3. The zero-order valence-electron chi connectivity index (χ0n) is 12.4. The highest BCUT2D eigenvalue weighted by Gasteiger charge is 2.18. The Morgan fingerprint density at radius 1 is 1.35 bits per heavy atom. The van der Waals surface area contributed by atoms with Gasteiger partial charge in [0.05, 0.1) is 10.6 Å². The zero-order valence-corrected chi connectivity index (χ0v) is 13.2. The van der Waals surface area contributed by atoms with Gasteiger partial charge in [-0.2, -0.15) is 0 Å². The Labute approximate surface area is 124 Å². The van der Waals surface area contributed by atoms with Crippen LogP contribution in [0.25, 0.3) is 0 Å². The molecule has 0 aliphatic rings. The first-order valence-electron chi connectivity index (χ1n) is 6.83. The highest BCUT2D eigenvalue weighted by atomic mass is 32.1. The lowest BCUT2D eigenvalue weighted by molar-refractivity contribution is 0.112. The number of benzene rings is 1. The van der Waals surface area contributed by atoms with Gasteiger partial charge < -0.3 is 4.90 Å². The Morgan fingerprint density at radius 2 is 2.00 bits per heavy atom. The number of aryl methyl sites for hydroxylation is 1. The smallest absolute Gasteiger partial charge is 0.190 e. The highest BCUT2D eigenvalue weighted by Crippen LogP contribution is 2.33.